The minimum atomic E-state index is -1.14. The van der Waals surface area contributed by atoms with Crippen LogP contribution in [0, 0.1) is 6.92 Å². The molecule has 0 spiro atoms. The molecule has 0 aromatic heterocycles. The van der Waals surface area contributed by atoms with Gasteiger partial charge in [0.05, 0.1) is 6.04 Å². The molecule has 0 bridgehead atoms. The van der Waals surface area contributed by atoms with Crippen LogP contribution < -0.4 is 10.6 Å². The number of hydrogen-bond donors (Lipinski definition) is 3. The molecule has 1 aliphatic rings. The highest BCUT2D eigenvalue weighted by molar-refractivity contribution is 5.93. The number of carbonyl (C=O) groups excluding carboxylic acids is 1. The highest BCUT2D eigenvalue weighted by Gasteiger charge is 2.22. The second-order valence-corrected chi connectivity index (χ2v) is 3.87. The summed E-state index contributed by atoms with van der Waals surface area (Å²) in [6.45, 7) is 1.96. The molecule has 0 fully saturated rings. The van der Waals surface area contributed by atoms with Crippen molar-refractivity contribution in [3.05, 3.63) is 47.2 Å². The molecule has 1 heterocycles. The Morgan fingerprint density at radius 2 is 1.94 bits per heavy atom. The fourth-order valence-corrected chi connectivity index (χ4v) is 1.63. The van der Waals surface area contributed by atoms with Crippen molar-refractivity contribution in [2.24, 2.45) is 0 Å². The lowest BCUT2D eigenvalue weighted by molar-refractivity contribution is -0.133. The number of carbonyl (C=O) groups is 2. The van der Waals surface area contributed by atoms with Gasteiger partial charge in [-0.25, -0.2) is 9.59 Å². The van der Waals surface area contributed by atoms with E-state index in [0.717, 1.165) is 11.1 Å². The number of urea groups is 1. The van der Waals surface area contributed by atoms with Crippen molar-refractivity contribution in [2.45, 2.75) is 13.0 Å². The Morgan fingerprint density at radius 3 is 2.53 bits per heavy atom. The van der Waals surface area contributed by atoms with Crippen molar-refractivity contribution in [3.63, 3.8) is 0 Å². The Bertz CT molecular complexity index is 491. The Labute approximate surface area is 98.1 Å². The zero-order valence-corrected chi connectivity index (χ0v) is 9.23. The van der Waals surface area contributed by atoms with E-state index in [1.54, 1.807) is 0 Å². The smallest absolute Gasteiger partial charge is 0.352 e. The first-order valence-electron chi connectivity index (χ1n) is 5.15. The lowest BCUT2D eigenvalue weighted by atomic mass is 10.0. The first kappa shape index (κ1) is 11.2. The minimum absolute atomic E-state index is 0.0978. The standard InChI is InChI=1S/C12H12N2O3/c1-7-2-4-8(5-3-7)9-6-10(11(15)16)14-12(17)13-9/h2-6,9H,1H3,(H,15,16)(H2,13,14,17). The molecule has 88 valence electrons. The minimum Gasteiger partial charge on any atom is -0.477 e. The SMILES string of the molecule is Cc1ccc(C2C=C(C(=O)O)NC(=O)N2)cc1. The highest BCUT2D eigenvalue weighted by atomic mass is 16.4. The molecule has 0 saturated heterocycles. The Morgan fingerprint density at radius 1 is 1.29 bits per heavy atom. The van der Waals surface area contributed by atoms with Gasteiger partial charge < -0.3 is 15.7 Å². The van der Waals surface area contributed by atoms with Gasteiger partial charge >= 0.3 is 12.0 Å². The number of hydrogen-bond acceptors (Lipinski definition) is 2. The van der Waals surface area contributed by atoms with Crippen LogP contribution in [0.3, 0.4) is 0 Å². The maximum Gasteiger partial charge on any atom is 0.352 e. The molecule has 1 aliphatic heterocycles. The summed E-state index contributed by atoms with van der Waals surface area (Å²) in [5.41, 5.74) is 1.86. The van der Waals surface area contributed by atoms with Crippen LogP contribution in [0.2, 0.25) is 0 Å². The molecule has 3 N–H and O–H groups in total. The van der Waals surface area contributed by atoms with Crippen LogP contribution in [-0.4, -0.2) is 17.1 Å². The van der Waals surface area contributed by atoms with Crippen molar-refractivity contribution < 1.29 is 14.7 Å². The second kappa shape index (κ2) is 4.29. The van der Waals surface area contributed by atoms with Crippen molar-refractivity contribution in [1.29, 1.82) is 0 Å². The van der Waals surface area contributed by atoms with Crippen LogP contribution in [0.1, 0.15) is 17.2 Å². The van der Waals surface area contributed by atoms with Crippen molar-refractivity contribution in [3.8, 4) is 0 Å². The van der Waals surface area contributed by atoms with Crippen molar-refractivity contribution in [1.82, 2.24) is 10.6 Å². The third kappa shape index (κ3) is 2.44. The fraction of sp³-hybridized carbons (Fsp3) is 0.167. The second-order valence-electron chi connectivity index (χ2n) is 3.87. The van der Waals surface area contributed by atoms with E-state index in [1.165, 1.54) is 6.08 Å². The maximum atomic E-state index is 11.3. The van der Waals surface area contributed by atoms with E-state index in [2.05, 4.69) is 10.6 Å². The molecule has 1 aromatic rings. The molecule has 5 nitrogen and oxygen atoms in total. The number of benzene rings is 1. The van der Waals surface area contributed by atoms with Gasteiger partial charge in [-0.3, -0.25) is 0 Å². The number of aryl methyl sites for hydroxylation is 1. The van der Waals surface area contributed by atoms with E-state index in [-0.39, 0.29) is 5.70 Å². The van der Waals surface area contributed by atoms with Crippen molar-refractivity contribution >= 4 is 12.0 Å². The predicted octanol–water partition coefficient (Wildman–Crippen LogP) is 1.32. The number of nitrogens with one attached hydrogen (secondary N) is 2. The van der Waals surface area contributed by atoms with Crippen LogP contribution in [0.5, 0.6) is 0 Å². The third-order valence-electron chi connectivity index (χ3n) is 2.54. The lowest BCUT2D eigenvalue weighted by Crippen LogP contribution is -2.43. The quantitative estimate of drug-likeness (QED) is 0.719. The van der Waals surface area contributed by atoms with E-state index in [4.69, 9.17) is 5.11 Å². The van der Waals surface area contributed by atoms with Crippen LogP contribution in [0.25, 0.3) is 0 Å². The molecule has 17 heavy (non-hydrogen) atoms. The molecular weight excluding hydrogens is 220 g/mol. The topological polar surface area (TPSA) is 78.4 Å². The molecule has 1 aromatic carbocycles. The van der Waals surface area contributed by atoms with Gasteiger partial charge in [-0.2, -0.15) is 0 Å². The highest BCUT2D eigenvalue weighted by Crippen LogP contribution is 2.18. The normalized spacial score (nSPS) is 19.0. The van der Waals surface area contributed by atoms with Crippen LogP contribution >= 0.6 is 0 Å². The molecule has 2 rings (SSSR count). The summed E-state index contributed by atoms with van der Waals surface area (Å²) < 4.78 is 0. The molecule has 2 amide bonds. The van der Waals surface area contributed by atoms with Gasteiger partial charge in [0, 0.05) is 0 Å². The summed E-state index contributed by atoms with van der Waals surface area (Å²) in [5.74, 6) is -1.14. The molecule has 0 saturated carbocycles. The molecule has 1 unspecified atom stereocenters. The summed E-state index contributed by atoms with van der Waals surface area (Å²) in [7, 11) is 0. The Balaban J connectivity index is 2.32. The summed E-state index contributed by atoms with van der Waals surface area (Å²) in [6.07, 6.45) is 1.48. The van der Waals surface area contributed by atoms with Crippen LogP contribution in [0.15, 0.2) is 36.0 Å². The summed E-state index contributed by atoms with van der Waals surface area (Å²) in [6, 6.07) is 6.64. The molecule has 0 aliphatic carbocycles. The number of aliphatic carboxylic acids is 1. The van der Waals surface area contributed by atoms with E-state index < -0.39 is 18.0 Å². The number of amides is 2. The van der Waals surface area contributed by atoms with Gasteiger partial charge in [0.15, 0.2) is 0 Å². The van der Waals surface area contributed by atoms with E-state index in [1.807, 2.05) is 31.2 Å². The van der Waals surface area contributed by atoms with Crippen LogP contribution in [-0.2, 0) is 4.79 Å². The number of carboxylic acid groups (broad SMARTS) is 1. The number of carboxylic acids is 1. The fourth-order valence-electron chi connectivity index (χ4n) is 1.63. The zero-order chi connectivity index (χ0) is 12.4. The predicted molar refractivity (Wildman–Crippen MR) is 61.3 cm³/mol. The van der Waals surface area contributed by atoms with Gasteiger partial charge in [-0.15, -0.1) is 0 Å². The summed E-state index contributed by atoms with van der Waals surface area (Å²) in [4.78, 5) is 22.1. The van der Waals surface area contributed by atoms with Gasteiger partial charge in [0.2, 0.25) is 0 Å². The number of rotatable bonds is 2. The molecule has 1 atom stereocenters. The average Bonchev–Trinajstić information content (AvgIpc) is 2.29. The van der Waals surface area contributed by atoms with Gasteiger partial charge in [0.1, 0.15) is 5.70 Å². The summed E-state index contributed by atoms with van der Waals surface area (Å²) >= 11 is 0. The largest absolute Gasteiger partial charge is 0.477 e. The zero-order valence-electron chi connectivity index (χ0n) is 9.23. The molecular formula is C12H12N2O3. The van der Waals surface area contributed by atoms with Gasteiger partial charge in [0.25, 0.3) is 0 Å². The first-order valence-corrected chi connectivity index (χ1v) is 5.15. The third-order valence-corrected chi connectivity index (χ3v) is 2.54. The summed E-state index contributed by atoms with van der Waals surface area (Å²) in [5, 5.41) is 13.7. The van der Waals surface area contributed by atoms with Gasteiger partial charge in [-0.1, -0.05) is 29.8 Å². The Hall–Kier alpha value is -2.30. The average molecular weight is 232 g/mol. The Kier molecular flexibility index (Phi) is 2.82. The van der Waals surface area contributed by atoms with E-state index in [9.17, 15) is 9.59 Å². The van der Waals surface area contributed by atoms with Gasteiger partial charge in [-0.05, 0) is 18.6 Å². The van der Waals surface area contributed by atoms with E-state index >= 15 is 0 Å². The monoisotopic (exact) mass is 232 g/mol. The van der Waals surface area contributed by atoms with E-state index in [0.29, 0.717) is 0 Å². The lowest BCUT2D eigenvalue weighted by Gasteiger charge is -2.22. The molecule has 0 radical (unpaired) electrons. The maximum absolute atomic E-state index is 11.3. The van der Waals surface area contributed by atoms with Crippen LogP contribution in [0.4, 0.5) is 4.79 Å². The van der Waals surface area contributed by atoms with Crippen molar-refractivity contribution in [2.75, 3.05) is 0 Å². The molecule has 5 heteroatoms. The first-order chi connectivity index (χ1) is 8.06.